The lowest BCUT2D eigenvalue weighted by Gasteiger charge is -2.38. The van der Waals surface area contributed by atoms with Crippen LogP contribution in [0.4, 0.5) is 5.69 Å². The van der Waals surface area contributed by atoms with Crippen LogP contribution in [0.15, 0.2) is 75.8 Å². The van der Waals surface area contributed by atoms with Crippen molar-refractivity contribution in [3.63, 3.8) is 0 Å². The average Bonchev–Trinajstić information content (AvgIpc) is 2.92. The van der Waals surface area contributed by atoms with E-state index in [0.29, 0.717) is 28.3 Å². The molecule has 0 aliphatic carbocycles. The molecule has 0 saturated carbocycles. The highest BCUT2D eigenvalue weighted by molar-refractivity contribution is 8.18. The summed E-state index contributed by atoms with van der Waals surface area (Å²) in [5.74, 6) is -1.52. The minimum atomic E-state index is -0.831. The molecule has 1 N–H and O–H groups in total. The van der Waals surface area contributed by atoms with E-state index in [4.69, 9.17) is 14.2 Å². The SMILES string of the molecule is CCOC(=O)C1=C(C)N=C2SC(C(=O)Nc3ccc(C(=O)OCC)cc3)=CC(=O)N2[C@@H]1c1cccc(OC)c1. The van der Waals surface area contributed by atoms with Crippen molar-refractivity contribution in [2.24, 2.45) is 4.99 Å². The number of aliphatic imine (C=N–C) groups is 1. The minimum absolute atomic E-state index is 0.126. The Bertz CT molecular complexity index is 1410. The first-order valence-electron chi connectivity index (χ1n) is 12.2. The van der Waals surface area contributed by atoms with Crippen LogP contribution in [0.1, 0.15) is 42.7 Å². The van der Waals surface area contributed by atoms with Crippen LogP contribution in [0, 0.1) is 0 Å². The van der Waals surface area contributed by atoms with Gasteiger partial charge in [-0.05, 0) is 74.5 Å². The van der Waals surface area contributed by atoms with Crippen LogP contribution in [-0.4, -0.2) is 54.1 Å². The first kappa shape index (κ1) is 27.6. The van der Waals surface area contributed by atoms with Crippen molar-refractivity contribution in [1.29, 1.82) is 0 Å². The Labute approximate surface area is 229 Å². The van der Waals surface area contributed by atoms with E-state index in [1.165, 1.54) is 30.2 Å². The Morgan fingerprint density at radius 1 is 1.03 bits per heavy atom. The highest BCUT2D eigenvalue weighted by atomic mass is 32.2. The van der Waals surface area contributed by atoms with Gasteiger partial charge < -0.3 is 19.5 Å². The molecule has 1 atom stereocenters. The van der Waals surface area contributed by atoms with Gasteiger partial charge in [0.2, 0.25) is 0 Å². The maximum Gasteiger partial charge on any atom is 0.338 e. The fourth-order valence-corrected chi connectivity index (χ4v) is 5.08. The summed E-state index contributed by atoms with van der Waals surface area (Å²) in [6.07, 6.45) is 1.21. The van der Waals surface area contributed by atoms with E-state index in [1.807, 2.05) is 0 Å². The van der Waals surface area contributed by atoms with E-state index in [2.05, 4.69) is 10.3 Å². The summed E-state index contributed by atoms with van der Waals surface area (Å²) < 4.78 is 15.6. The number of carbonyl (C=O) groups is 4. The molecule has 2 aromatic rings. The van der Waals surface area contributed by atoms with Gasteiger partial charge >= 0.3 is 11.9 Å². The maximum atomic E-state index is 13.5. The first-order valence-corrected chi connectivity index (χ1v) is 13.0. The lowest BCUT2D eigenvalue weighted by atomic mass is 9.94. The van der Waals surface area contributed by atoms with Crippen LogP contribution in [0.3, 0.4) is 0 Å². The number of fused-ring (bicyclic) bond motifs is 1. The Balaban J connectivity index is 1.64. The Hall–Kier alpha value is -4.38. The van der Waals surface area contributed by atoms with Crippen LogP contribution >= 0.6 is 11.8 Å². The molecule has 0 aromatic heterocycles. The van der Waals surface area contributed by atoms with Crippen molar-refractivity contribution < 1.29 is 33.4 Å². The van der Waals surface area contributed by atoms with Crippen molar-refractivity contribution in [1.82, 2.24) is 4.90 Å². The maximum absolute atomic E-state index is 13.5. The number of nitrogens with zero attached hydrogens (tertiary/aromatic N) is 2. The van der Waals surface area contributed by atoms with Gasteiger partial charge in [0.05, 0.1) is 48.1 Å². The van der Waals surface area contributed by atoms with Gasteiger partial charge in [0.1, 0.15) is 5.75 Å². The van der Waals surface area contributed by atoms with Crippen molar-refractivity contribution in [3.8, 4) is 5.75 Å². The van der Waals surface area contributed by atoms with Crippen LogP contribution in [0.2, 0.25) is 0 Å². The molecule has 2 amide bonds. The average molecular weight is 550 g/mol. The topological polar surface area (TPSA) is 124 Å². The molecule has 2 aliphatic heterocycles. The molecule has 10 nitrogen and oxygen atoms in total. The van der Waals surface area contributed by atoms with Crippen molar-refractivity contribution in [2.75, 3.05) is 25.6 Å². The van der Waals surface area contributed by atoms with Gasteiger partial charge in [-0.1, -0.05) is 12.1 Å². The second kappa shape index (κ2) is 12.0. The number of amidine groups is 1. The molecule has 2 heterocycles. The summed E-state index contributed by atoms with van der Waals surface area (Å²) in [5.41, 5.74) is 2.02. The third-order valence-corrected chi connectivity index (χ3v) is 6.86. The number of allylic oxidation sites excluding steroid dienone is 1. The highest BCUT2D eigenvalue weighted by Crippen LogP contribution is 2.42. The number of benzene rings is 2. The number of ether oxygens (including phenoxy) is 3. The molecule has 0 fully saturated rings. The van der Waals surface area contributed by atoms with Crippen molar-refractivity contribution >= 4 is 46.4 Å². The molecule has 0 radical (unpaired) electrons. The van der Waals surface area contributed by atoms with Crippen LogP contribution in [0.25, 0.3) is 0 Å². The molecule has 0 bridgehead atoms. The lowest BCUT2D eigenvalue weighted by Crippen LogP contribution is -2.45. The van der Waals surface area contributed by atoms with Gasteiger partial charge in [-0.25, -0.2) is 14.6 Å². The molecular weight excluding hydrogens is 522 g/mol. The molecular formula is C28H27N3O7S. The monoisotopic (exact) mass is 549 g/mol. The summed E-state index contributed by atoms with van der Waals surface area (Å²) in [6.45, 7) is 5.50. The smallest absolute Gasteiger partial charge is 0.338 e. The number of esters is 2. The molecule has 2 aromatic carbocycles. The van der Waals surface area contributed by atoms with Crippen LogP contribution < -0.4 is 10.1 Å². The van der Waals surface area contributed by atoms with E-state index in [1.54, 1.807) is 57.2 Å². The Morgan fingerprint density at radius 3 is 2.38 bits per heavy atom. The molecule has 2 aliphatic rings. The van der Waals surface area contributed by atoms with Gasteiger partial charge in [-0.2, -0.15) is 0 Å². The minimum Gasteiger partial charge on any atom is -0.497 e. The van der Waals surface area contributed by atoms with Crippen molar-refractivity contribution in [2.45, 2.75) is 26.8 Å². The lowest BCUT2D eigenvalue weighted by molar-refractivity contribution is -0.139. The summed E-state index contributed by atoms with van der Waals surface area (Å²) in [6, 6.07) is 12.4. The van der Waals surface area contributed by atoms with Crippen LogP contribution in [-0.2, 0) is 23.9 Å². The fourth-order valence-electron chi connectivity index (χ4n) is 4.10. The third-order valence-electron chi connectivity index (χ3n) is 5.87. The van der Waals surface area contributed by atoms with Gasteiger partial charge in [-0.15, -0.1) is 0 Å². The van der Waals surface area contributed by atoms with E-state index in [0.717, 1.165) is 11.8 Å². The fraction of sp³-hybridized carbons (Fsp3) is 0.250. The van der Waals surface area contributed by atoms with Gasteiger partial charge in [-0.3, -0.25) is 14.5 Å². The van der Waals surface area contributed by atoms with Gasteiger partial charge in [0.15, 0.2) is 5.17 Å². The van der Waals surface area contributed by atoms with E-state index >= 15 is 0 Å². The predicted octanol–water partition coefficient (Wildman–Crippen LogP) is 4.22. The molecule has 0 saturated heterocycles. The summed E-state index contributed by atoms with van der Waals surface area (Å²) in [5, 5.41) is 2.98. The second-order valence-electron chi connectivity index (χ2n) is 8.36. The zero-order valence-corrected chi connectivity index (χ0v) is 22.7. The largest absolute Gasteiger partial charge is 0.497 e. The number of rotatable bonds is 8. The molecule has 0 spiro atoms. The quantitative estimate of drug-likeness (QED) is 0.486. The van der Waals surface area contributed by atoms with Gasteiger partial charge in [0.25, 0.3) is 11.8 Å². The molecule has 0 unspecified atom stereocenters. The van der Waals surface area contributed by atoms with Crippen LogP contribution in [0.5, 0.6) is 5.75 Å². The zero-order valence-electron chi connectivity index (χ0n) is 21.8. The Morgan fingerprint density at radius 2 is 1.72 bits per heavy atom. The second-order valence-corrected chi connectivity index (χ2v) is 9.37. The summed E-state index contributed by atoms with van der Waals surface area (Å²) in [7, 11) is 1.53. The van der Waals surface area contributed by atoms with Crippen molar-refractivity contribution in [3.05, 3.63) is 81.9 Å². The summed E-state index contributed by atoms with van der Waals surface area (Å²) >= 11 is 1.01. The number of nitrogens with one attached hydrogen (secondary N) is 1. The number of hydrogen-bond donors (Lipinski definition) is 1. The number of amides is 2. The van der Waals surface area contributed by atoms with E-state index in [9.17, 15) is 19.2 Å². The normalized spacial score (nSPS) is 16.6. The number of thioether (sulfide) groups is 1. The molecule has 4 rings (SSSR count). The number of anilines is 1. The summed E-state index contributed by atoms with van der Waals surface area (Å²) in [4.78, 5) is 57.4. The highest BCUT2D eigenvalue weighted by Gasteiger charge is 2.42. The molecule has 202 valence electrons. The standard InChI is InChI=1S/C28H27N3O7S/c1-5-37-26(34)17-10-12-19(13-11-17)30-25(33)21-15-22(32)31-24(18-8-7-9-20(14-18)36-4)23(27(35)38-6-2)16(3)29-28(31)39-21/h7-15,24H,5-6H2,1-4H3,(H,30,33)/t24-/m1/s1. The number of methoxy groups -OCH3 is 1. The number of carbonyl (C=O) groups excluding carboxylic acids is 4. The molecule has 39 heavy (non-hydrogen) atoms. The Kier molecular flexibility index (Phi) is 8.50. The van der Waals surface area contributed by atoms with E-state index in [-0.39, 0.29) is 28.9 Å². The first-order chi connectivity index (χ1) is 18.8. The zero-order chi connectivity index (χ0) is 28.1. The number of hydrogen-bond acceptors (Lipinski definition) is 9. The van der Waals surface area contributed by atoms with E-state index < -0.39 is 29.8 Å². The molecule has 11 heteroatoms. The van der Waals surface area contributed by atoms with Gasteiger partial charge in [0, 0.05) is 11.8 Å². The third kappa shape index (κ3) is 5.88. The predicted molar refractivity (Wildman–Crippen MR) is 146 cm³/mol.